The number of hydrogen-bond acceptors (Lipinski definition) is 3. The monoisotopic (exact) mass is 675 g/mol. The van der Waals surface area contributed by atoms with Gasteiger partial charge in [0.1, 0.15) is 0 Å². The zero-order valence-electron chi connectivity index (χ0n) is 28.9. The molecule has 0 radical (unpaired) electrons. The van der Waals surface area contributed by atoms with Crippen molar-refractivity contribution >= 4 is 60.4 Å². The topological polar surface area (TPSA) is 29.0 Å². The summed E-state index contributed by atoms with van der Waals surface area (Å²) in [5.41, 5.74) is 11.3. The van der Waals surface area contributed by atoms with Gasteiger partial charge < -0.3 is 4.90 Å². The van der Waals surface area contributed by atoms with E-state index in [2.05, 4.69) is 193 Å². The lowest BCUT2D eigenvalue weighted by Gasteiger charge is -2.26. The van der Waals surface area contributed by atoms with Crippen LogP contribution >= 0.6 is 0 Å². The maximum atomic E-state index is 5.31. The van der Waals surface area contributed by atoms with Gasteiger partial charge in [0.05, 0.1) is 22.4 Å². The minimum atomic E-state index is 0.885. The summed E-state index contributed by atoms with van der Waals surface area (Å²) in [6.07, 6.45) is 0. The maximum Gasteiger partial charge on any atom is 0.0973 e. The van der Waals surface area contributed by atoms with Crippen molar-refractivity contribution in [2.45, 2.75) is 0 Å². The Morgan fingerprint density at radius 3 is 1.40 bits per heavy atom. The van der Waals surface area contributed by atoms with Gasteiger partial charge in [0.2, 0.25) is 0 Å². The Hall–Kier alpha value is -7.10. The van der Waals surface area contributed by atoms with E-state index < -0.39 is 0 Å². The van der Waals surface area contributed by atoms with Crippen LogP contribution in [0.4, 0.5) is 17.1 Å². The average Bonchev–Trinajstić information content (AvgIpc) is 3.24. The number of anilines is 3. The number of aromatic nitrogens is 2. The molecule has 248 valence electrons. The van der Waals surface area contributed by atoms with Crippen LogP contribution in [0.5, 0.6) is 0 Å². The number of hydrogen-bond donors (Lipinski definition) is 0. The molecule has 9 aromatic carbocycles. The summed E-state index contributed by atoms with van der Waals surface area (Å²) in [4.78, 5) is 12.9. The summed E-state index contributed by atoms with van der Waals surface area (Å²) < 4.78 is 0. The lowest BCUT2D eigenvalue weighted by Crippen LogP contribution is -2.09. The van der Waals surface area contributed by atoms with Crippen LogP contribution in [0.1, 0.15) is 0 Å². The van der Waals surface area contributed by atoms with Crippen molar-refractivity contribution in [2.24, 2.45) is 0 Å². The van der Waals surface area contributed by atoms with E-state index in [1.54, 1.807) is 0 Å². The van der Waals surface area contributed by atoms with Gasteiger partial charge in [0, 0.05) is 33.6 Å². The van der Waals surface area contributed by atoms with Gasteiger partial charge in [-0.2, -0.15) is 0 Å². The molecular formula is C50H33N3. The molecule has 0 bridgehead atoms. The molecule has 53 heavy (non-hydrogen) atoms. The van der Waals surface area contributed by atoms with Crippen LogP contribution in [0.25, 0.3) is 77.0 Å². The first-order valence-electron chi connectivity index (χ1n) is 18.0. The molecule has 1 aromatic heterocycles. The van der Waals surface area contributed by atoms with E-state index >= 15 is 0 Å². The van der Waals surface area contributed by atoms with Crippen molar-refractivity contribution in [3.8, 4) is 33.6 Å². The van der Waals surface area contributed by atoms with Crippen LogP contribution < -0.4 is 4.90 Å². The van der Waals surface area contributed by atoms with E-state index in [1.165, 1.54) is 21.5 Å². The molecular weight excluding hydrogens is 643 g/mol. The molecule has 3 nitrogen and oxygen atoms in total. The maximum absolute atomic E-state index is 5.31. The smallest absolute Gasteiger partial charge is 0.0973 e. The van der Waals surface area contributed by atoms with Crippen LogP contribution in [0.3, 0.4) is 0 Å². The minimum absolute atomic E-state index is 0.885. The van der Waals surface area contributed by atoms with E-state index in [4.69, 9.17) is 9.97 Å². The second kappa shape index (κ2) is 12.9. The zero-order chi connectivity index (χ0) is 35.1. The van der Waals surface area contributed by atoms with E-state index in [9.17, 15) is 0 Å². The predicted octanol–water partition coefficient (Wildman–Crippen LogP) is 13.6. The molecule has 0 saturated carbocycles. The fraction of sp³-hybridized carbons (Fsp3) is 0. The van der Waals surface area contributed by atoms with Crippen molar-refractivity contribution in [3.05, 3.63) is 200 Å². The molecule has 0 unspecified atom stereocenters. The Morgan fingerprint density at radius 2 is 0.792 bits per heavy atom. The highest BCUT2D eigenvalue weighted by Crippen LogP contribution is 2.39. The minimum Gasteiger partial charge on any atom is -0.310 e. The fourth-order valence-electron chi connectivity index (χ4n) is 7.50. The summed E-state index contributed by atoms with van der Waals surface area (Å²) in [6.45, 7) is 0. The van der Waals surface area contributed by atoms with Crippen LogP contribution in [0, 0.1) is 0 Å². The molecule has 0 aliphatic carbocycles. The molecule has 10 rings (SSSR count). The van der Waals surface area contributed by atoms with Gasteiger partial charge in [-0.15, -0.1) is 0 Å². The molecule has 10 aromatic rings. The quantitative estimate of drug-likeness (QED) is 0.164. The van der Waals surface area contributed by atoms with Crippen molar-refractivity contribution in [1.29, 1.82) is 0 Å². The number of rotatable bonds is 6. The fourth-order valence-corrected chi connectivity index (χ4v) is 7.50. The summed E-state index contributed by atoms with van der Waals surface area (Å²) in [5, 5.41) is 7.11. The first kappa shape index (κ1) is 30.7. The summed E-state index contributed by atoms with van der Waals surface area (Å²) in [5.74, 6) is 0. The summed E-state index contributed by atoms with van der Waals surface area (Å²) >= 11 is 0. The van der Waals surface area contributed by atoms with Gasteiger partial charge in [0.15, 0.2) is 0 Å². The third kappa shape index (κ3) is 5.65. The Bertz CT molecular complexity index is 2860. The highest BCUT2D eigenvalue weighted by Gasteiger charge is 2.17. The lowest BCUT2D eigenvalue weighted by atomic mass is 9.99. The second-order valence-electron chi connectivity index (χ2n) is 13.5. The van der Waals surface area contributed by atoms with Crippen LogP contribution in [-0.2, 0) is 0 Å². The molecule has 3 heteroatoms. The van der Waals surface area contributed by atoms with Crippen molar-refractivity contribution in [1.82, 2.24) is 9.97 Å². The van der Waals surface area contributed by atoms with Gasteiger partial charge in [0.25, 0.3) is 0 Å². The Kier molecular flexibility index (Phi) is 7.47. The summed E-state index contributed by atoms with van der Waals surface area (Å²) in [7, 11) is 0. The van der Waals surface area contributed by atoms with Gasteiger partial charge in [-0.05, 0) is 86.6 Å². The third-order valence-electron chi connectivity index (χ3n) is 10.2. The molecule has 0 saturated heterocycles. The normalized spacial score (nSPS) is 11.4. The van der Waals surface area contributed by atoms with Gasteiger partial charge in [-0.1, -0.05) is 152 Å². The third-order valence-corrected chi connectivity index (χ3v) is 10.2. The van der Waals surface area contributed by atoms with Gasteiger partial charge in [-0.25, -0.2) is 9.97 Å². The Morgan fingerprint density at radius 1 is 0.302 bits per heavy atom. The highest BCUT2D eigenvalue weighted by atomic mass is 15.1. The standard InChI is InChI=1S/C50H33N3/c1-3-13-37(14-4-1)48-49(38-15-5-2-6-16-38)52-50-46-29-23-41(31-42(46)24-30-47(50)51-48)36-19-25-43(26-20-36)53(44-27-21-34-11-7-9-17-39(34)32-44)45-28-22-35-12-8-10-18-40(35)33-45/h1-33H. The Labute approximate surface area is 308 Å². The van der Waals surface area contributed by atoms with E-state index in [-0.39, 0.29) is 0 Å². The van der Waals surface area contributed by atoms with Gasteiger partial charge in [-0.3, -0.25) is 0 Å². The van der Waals surface area contributed by atoms with Crippen LogP contribution in [-0.4, -0.2) is 9.97 Å². The van der Waals surface area contributed by atoms with Gasteiger partial charge >= 0.3 is 0 Å². The predicted molar refractivity (Wildman–Crippen MR) is 223 cm³/mol. The van der Waals surface area contributed by atoms with E-state index in [0.29, 0.717) is 0 Å². The largest absolute Gasteiger partial charge is 0.310 e. The summed E-state index contributed by atoms with van der Waals surface area (Å²) in [6, 6.07) is 71.0. The van der Waals surface area contributed by atoms with Crippen molar-refractivity contribution in [2.75, 3.05) is 4.90 Å². The van der Waals surface area contributed by atoms with E-state index in [0.717, 1.165) is 72.5 Å². The van der Waals surface area contributed by atoms with Crippen molar-refractivity contribution < 1.29 is 0 Å². The van der Waals surface area contributed by atoms with E-state index in [1.807, 2.05) is 12.1 Å². The Balaban J connectivity index is 1.05. The number of benzene rings is 9. The molecule has 0 aliphatic heterocycles. The van der Waals surface area contributed by atoms with Crippen molar-refractivity contribution in [3.63, 3.8) is 0 Å². The number of fused-ring (bicyclic) bond motifs is 5. The molecule has 0 amide bonds. The SMILES string of the molecule is c1ccc(-c2nc3ccc4cc(-c5ccc(N(c6ccc7ccccc7c6)c6ccc7ccccc7c6)cc5)ccc4c3nc2-c2ccccc2)cc1. The second-order valence-corrected chi connectivity index (χ2v) is 13.5. The van der Waals surface area contributed by atoms with Crippen LogP contribution in [0.2, 0.25) is 0 Å². The molecule has 1 heterocycles. The first-order chi connectivity index (χ1) is 26.2. The first-order valence-corrected chi connectivity index (χ1v) is 18.0. The average molecular weight is 676 g/mol. The van der Waals surface area contributed by atoms with Crippen LogP contribution in [0.15, 0.2) is 200 Å². The highest BCUT2D eigenvalue weighted by molar-refractivity contribution is 6.06. The molecule has 0 spiro atoms. The molecule has 0 atom stereocenters. The zero-order valence-corrected chi connectivity index (χ0v) is 28.9. The molecule has 0 N–H and O–H groups in total. The molecule has 0 aliphatic rings. The lowest BCUT2D eigenvalue weighted by molar-refractivity contribution is 1.29. The molecule has 0 fully saturated rings. The number of nitrogens with zero attached hydrogens (tertiary/aromatic N) is 3.